The highest BCUT2D eigenvalue weighted by Gasteiger charge is 2.49. The summed E-state index contributed by atoms with van der Waals surface area (Å²) in [5.41, 5.74) is 5.64. The summed E-state index contributed by atoms with van der Waals surface area (Å²) < 4.78 is 53.1. The van der Waals surface area contributed by atoms with Gasteiger partial charge in [0.05, 0.1) is 24.9 Å². The molecule has 230 valence electrons. The second kappa shape index (κ2) is 11.2. The van der Waals surface area contributed by atoms with E-state index < -0.39 is 26.2 Å². The fraction of sp³-hybridized carbons (Fsp3) is 0.618. The molecule has 1 spiro atoms. The minimum absolute atomic E-state index is 0.00705. The SMILES string of the molecule is CC(C)c1nc2c(c(C3=CCOCC3)c1C(O)c1ccc(C(F)(F)F)cc1)[C@H](O[Si](C)(C)C(C)(C)C)CC1(CCC1)C2. The molecule has 2 heterocycles. The molecular weight excluding hydrogens is 555 g/mol. The van der Waals surface area contributed by atoms with Crippen LogP contribution in [0.25, 0.3) is 5.57 Å². The van der Waals surface area contributed by atoms with Gasteiger partial charge >= 0.3 is 6.18 Å². The van der Waals surface area contributed by atoms with Crippen molar-refractivity contribution in [1.82, 2.24) is 4.98 Å². The molecule has 3 aliphatic rings. The minimum atomic E-state index is -4.44. The third-order valence-electron chi connectivity index (χ3n) is 10.2. The molecule has 1 unspecified atom stereocenters. The van der Waals surface area contributed by atoms with Gasteiger partial charge in [0.15, 0.2) is 8.32 Å². The number of benzene rings is 1. The number of aliphatic hydroxyl groups excluding tert-OH is 1. The van der Waals surface area contributed by atoms with E-state index in [1.807, 2.05) is 0 Å². The van der Waals surface area contributed by atoms with Crippen molar-refractivity contribution < 1.29 is 27.4 Å². The van der Waals surface area contributed by atoms with E-state index in [1.165, 1.54) is 31.4 Å². The molecule has 42 heavy (non-hydrogen) atoms. The average molecular weight is 602 g/mol. The van der Waals surface area contributed by atoms with Gasteiger partial charge in [-0.1, -0.05) is 59.2 Å². The van der Waals surface area contributed by atoms with Crippen LogP contribution in [0, 0.1) is 5.41 Å². The Kier molecular flexibility index (Phi) is 8.36. The van der Waals surface area contributed by atoms with Crippen molar-refractivity contribution >= 4 is 13.9 Å². The number of hydrogen-bond donors (Lipinski definition) is 1. The maximum Gasteiger partial charge on any atom is 0.416 e. The zero-order valence-electron chi connectivity index (χ0n) is 26.1. The van der Waals surface area contributed by atoms with Crippen LogP contribution in [0.4, 0.5) is 13.2 Å². The van der Waals surface area contributed by atoms with Crippen molar-refractivity contribution in [3.05, 3.63) is 69.5 Å². The van der Waals surface area contributed by atoms with Crippen molar-refractivity contribution in [2.24, 2.45) is 5.41 Å². The van der Waals surface area contributed by atoms with Crippen LogP contribution < -0.4 is 0 Å². The molecule has 1 aliphatic heterocycles. The number of alkyl halides is 3. The number of aliphatic hydroxyl groups is 1. The second-order valence-electron chi connectivity index (χ2n) is 14.5. The van der Waals surface area contributed by atoms with Gasteiger partial charge in [-0.25, -0.2) is 0 Å². The molecule has 1 aromatic heterocycles. The summed E-state index contributed by atoms with van der Waals surface area (Å²) in [6.45, 7) is 16.5. The van der Waals surface area contributed by atoms with Crippen molar-refractivity contribution in [2.75, 3.05) is 13.2 Å². The highest BCUT2D eigenvalue weighted by Crippen LogP contribution is 2.57. The third kappa shape index (κ3) is 5.89. The van der Waals surface area contributed by atoms with E-state index in [9.17, 15) is 18.3 Å². The monoisotopic (exact) mass is 601 g/mol. The molecule has 0 radical (unpaired) electrons. The van der Waals surface area contributed by atoms with Gasteiger partial charge in [0.25, 0.3) is 0 Å². The van der Waals surface area contributed by atoms with E-state index in [0.29, 0.717) is 30.8 Å². The smallest absolute Gasteiger partial charge is 0.410 e. The molecule has 0 bridgehead atoms. The third-order valence-corrected chi connectivity index (χ3v) is 14.7. The predicted molar refractivity (Wildman–Crippen MR) is 163 cm³/mol. The molecule has 1 aromatic carbocycles. The van der Waals surface area contributed by atoms with Gasteiger partial charge in [0.2, 0.25) is 0 Å². The first-order valence-electron chi connectivity index (χ1n) is 15.4. The van der Waals surface area contributed by atoms with E-state index in [0.717, 1.165) is 53.1 Å². The van der Waals surface area contributed by atoms with Crippen molar-refractivity contribution in [3.63, 3.8) is 0 Å². The molecule has 2 aliphatic carbocycles. The Morgan fingerprint density at radius 1 is 1.10 bits per heavy atom. The zero-order valence-corrected chi connectivity index (χ0v) is 27.1. The first-order valence-corrected chi connectivity index (χ1v) is 18.3. The Morgan fingerprint density at radius 3 is 2.26 bits per heavy atom. The lowest BCUT2D eigenvalue weighted by molar-refractivity contribution is -0.137. The first kappa shape index (κ1) is 31.4. The van der Waals surface area contributed by atoms with E-state index in [1.54, 1.807) is 0 Å². The number of rotatable bonds is 6. The van der Waals surface area contributed by atoms with Gasteiger partial charge in [0.1, 0.15) is 6.10 Å². The van der Waals surface area contributed by atoms with E-state index in [2.05, 4.69) is 53.8 Å². The summed E-state index contributed by atoms with van der Waals surface area (Å²) in [4.78, 5) is 5.33. The van der Waals surface area contributed by atoms with E-state index in [-0.39, 0.29) is 22.5 Å². The fourth-order valence-corrected chi connectivity index (χ4v) is 7.88. The Labute approximate surface area is 249 Å². The summed E-state index contributed by atoms with van der Waals surface area (Å²) in [7, 11) is -2.19. The van der Waals surface area contributed by atoms with Gasteiger partial charge in [-0.15, -0.1) is 0 Å². The van der Waals surface area contributed by atoms with Crippen LogP contribution in [0.15, 0.2) is 30.3 Å². The summed E-state index contributed by atoms with van der Waals surface area (Å²) in [6, 6.07) is 4.89. The van der Waals surface area contributed by atoms with E-state index >= 15 is 0 Å². The molecular formula is C34H46F3NO3Si. The number of fused-ring (bicyclic) bond motifs is 1. The Bertz CT molecular complexity index is 1340. The lowest BCUT2D eigenvalue weighted by atomic mass is 9.59. The highest BCUT2D eigenvalue weighted by molar-refractivity contribution is 6.74. The molecule has 4 nitrogen and oxygen atoms in total. The largest absolute Gasteiger partial charge is 0.416 e. The van der Waals surface area contributed by atoms with Crippen LogP contribution >= 0.6 is 0 Å². The van der Waals surface area contributed by atoms with Crippen LogP contribution in [0.5, 0.6) is 0 Å². The molecule has 2 atom stereocenters. The first-order chi connectivity index (χ1) is 19.5. The number of ether oxygens (including phenoxy) is 1. The van der Waals surface area contributed by atoms with Gasteiger partial charge < -0.3 is 14.3 Å². The maximum absolute atomic E-state index is 13.4. The van der Waals surface area contributed by atoms with Gasteiger partial charge in [-0.05, 0) is 90.4 Å². The molecule has 5 rings (SSSR count). The van der Waals surface area contributed by atoms with Gasteiger partial charge in [-0.3, -0.25) is 4.98 Å². The van der Waals surface area contributed by atoms with Gasteiger partial charge in [0, 0.05) is 22.5 Å². The van der Waals surface area contributed by atoms with Crippen LogP contribution in [0.1, 0.15) is 124 Å². The Morgan fingerprint density at radius 2 is 1.76 bits per heavy atom. The molecule has 8 heteroatoms. The average Bonchev–Trinajstić information content (AvgIpc) is 2.89. The van der Waals surface area contributed by atoms with Crippen LogP contribution in [-0.2, 0) is 21.8 Å². The molecule has 1 N–H and O–H groups in total. The maximum atomic E-state index is 13.4. The number of pyridine rings is 1. The summed E-state index contributed by atoms with van der Waals surface area (Å²) in [6.07, 6.45) is 2.46. The van der Waals surface area contributed by atoms with Gasteiger partial charge in [-0.2, -0.15) is 13.2 Å². The number of hydrogen-bond acceptors (Lipinski definition) is 4. The molecule has 2 aromatic rings. The van der Waals surface area contributed by atoms with Crippen LogP contribution in [0.3, 0.4) is 0 Å². The molecule has 1 fully saturated rings. The quantitative estimate of drug-likeness (QED) is 0.335. The van der Waals surface area contributed by atoms with Crippen molar-refractivity contribution in [2.45, 2.75) is 116 Å². The number of nitrogens with zero attached hydrogens (tertiary/aromatic N) is 1. The summed E-state index contributed by atoms with van der Waals surface area (Å²) >= 11 is 0. The second-order valence-corrected chi connectivity index (χ2v) is 19.2. The van der Waals surface area contributed by atoms with Crippen molar-refractivity contribution in [3.8, 4) is 0 Å². The highest BCUT2D eigenvalue weighted by atomic mass is 28.4. The minimum Gasteiger partial charge on any atom is -0.410 e. The van der Waals surface area contributed by atoms with Crippen LogP contribution in [-0.4, -0.2) is 31.6 Å². The topological polar surface area (TPSA) is 51.6 Å². The Hall–Kier alpha value is -2.00. The molecule has 0 amide bonds. The molecule has 0 saturated heterocycles. The fourth-order valence-electron chi connectivity index (χ4n) is 6.62. The van der Waals surface area contributed by atoms with E-state index in [4.69, 9.17) is 14.1 Å². The van der Waals surface area contributed by atoms with Crippen molar-refractivity contribution in [1.29, 1.82) is 0 Å². The number of aromatic nitrogens is 1. The normalized spacial score (nSPS) is 21.6. The van der Waals surface area contributed by atoms with Crippen LogP contribution in [0.2, 0.25) is 18.1 Å². The zero-order chi connectivity index (χ0) is 30.7. The lowest BCUT2D eigenvalue weighted by Crippen LogP contribution is -2.46. The standard InChI is InChI=1S/C34H46F3NO3Si/c1-21(2)30-29(31(39)23-9-11-24(12-10-23)34(35,36)37)27(22-13-17-40-18-14-22)28-25(38-30)19-33(15-8-16-33)20-26(28)41-42(6,7)32(3,4)5/h9-13,21,26,31,39H,8,14-20H2,1-7H3/t26-,31?/m1/s1. The lowest BCUT2D eigenvalue weighted by Gasteiger charge is -2.51. The predicted octanol–water partition coefficient (Wildman–Crippen LogP) is 9.29. The number of halogens is 3. The molecule has 1 saturated carbocycles. The Balaban J connectivity index is 1.75. The summed E-state index contributed by atoms with van der Waals surface area (Å²) in [5, 5.41) is 12.0. The summed E-state index contributed by atoms with van der Waals surface area (Å²) in [5.74, 6) is 0.00705.